The fourth-order valence-corrected chi connectivity index (χ4v) is 3.10. The summed E-state index contributed by atoms with van der Waals surface area (Å²) in [7, 11) is 3.41. The molecule has 1 saturated heterocycles. The number of halogens is 3. The van der Waals surface area contributed by atoms with E-state index >= 15 is 0 Å². The lowest BCUT2D eigenvalue weighted by atomic mass is 10.1. The largest absolute Gasteiger partial charge is 0.411 e. The van der Waals surface area contributed by atoms with Gasteiger partial charge in [-0.25, -0.2) is 0 Å². The molecule has 0 aliphatic carbocycles. The molecule has 1 heterocycles. The third-order valence-electron chi connectivity index (χ3n) is 4.59. The van der Waals surface area contributed by atoms with Crippen molar-refractivity contribution in [3.8, 4) is 0 Å². The Labute approximate surface area is 170 Å². The molecule has 0 saturated carbocycles. The average Bonchev–Trinajstić information content (AvgIpc) is 3.15. The molecule has 0 aromatic heterocycles. The number of nitrogens with zero attached hydrogens (tertiary/aromatic N) is 2. The van der Waals surface area contributed by atoms with Gasteiger partial charge in [-0.2, -0.15) is 13.2 Å². The van der Waals surface area contributed by atoms with Crippen LogP contribution in [0.3, 0.4) is 0 Å². The van der Waals surface area contributed by atoms with Gasteiger partial charge in [0, 0.05) is 39.7 Å². The molecule has 6 nitrogen and oxygen atoms in total. The van der Waals surface area contributed by atoms with E-state index < -0.39 is 12.8 Å². The molecule has 2 rings (SSSR count). The van der Waals surface area contributed by atoms with Crippen LogP contribution in [-0.2, 0) is 27.4 Å². The van der Waals surface area contributed by atoms with E-state index in [9.17, 15) is 13.2 Å². The van der Waals surface area contributed by atoms with Crippen molar-refractivity contribution in [2.24, 2.45) is 10.9 Å². The summed E-state index contributed by atoms with van der Waals surface area (Å²) < 4.78 is 51.6. The van der Waals surface area contributed by atoms with E-state index in [0.29, 0.717) is 37.8 Å². The standard InChI is InChI=1S/C20H30F3N3O3/c1-24-19(26-8-7-18(12-26)14-28-10-9-27-2)25-11-16-3-5-17(6-4-16)13-29-15-20(21,22)23/h3-6,18H,7-15H2,1-2H3,(H,24,25). The summed E-state index contributed by atoms with van der Waals surface area (Å²) >= 11 is 0. The maximum absolute atomic E-state index is 12.1. The summed E-state index contributed by atoms with van der Waals surface area (Å²) in [6.07, 6.45) is -3.25. The molecule has 0 spiro atoms. The Hall–Kier alpha value is -1.84. The molecule has 0 radical (unpaired) electrons. The van der Waals surface area contributed by atoms with Gasteiger partial charge in [0.05, 0.1) is 26.4 Å². The number of hydrogen-bond acceptors (Lipinski definition) is 4. The van der Waals surface area contributed by atoms with Crippen LogP contribution in [0, 0.1) is 5.92 Å². The molecule has 0 amide bonds. The van der Waals surface area contributed by atoms with Gasteiger partial charge in [-0.3, -0.25) is 4.99 Å². The summed E-state index contributed by atoms with van der Waals surface area (Å²) in [6.45, 7) is 3.04. The maximum Gasteiger partial charge on any atom is 0.411 e. The highest BCUT2D eigenvalue weighted by Crippen LogP contribution is 2.17. The zero-order valence-corrected chi connectivity index (χ0v) is 17.0. The van der Waals surface area contributed by atoms with E-state index in [-0.39, 0.29) is 6.61 Å². The molecule has 0 bridgehead atoms. The summed E-state index contributed by atoms with van der Waals surface area (Å²) in [4.78, 5) is 6.57. The lowest BCUT2D eigenvalue weighted by Gasteiger charge is -2.22. The normalized spacial score (nSPS) is 17.8. The van der Waals surface area contributed by atoms with Crippen molar-refractivity contribution in [3.05, 3.63) is 35.4 Å². The summed E-state index contributed by atoms with van der Waals surface area (Å²) in [5, 5.41) is 3.34. The third kappa shape index (κ3) is 9.01. The van der Waals surface area contributed by atoms with E-state index in [2.05, 4.69) is 19.9 Å². The van der Waals surface area contributed by atoms with Crippen molar-refractivity contribution in [1.29, 1.82) is 0 Å². The van der Waals surface area contributed by atoms with Crippen LogP contribution < -0.4 is 5.32 Å². The second-order valence-corrected chi connectivity index (χ2v) is 6.99. The van der Waals surface area contributed by atoms with Gasteiger partial charge < -0.3 is 24.4 Å². The highest BCUT2D eigenvalue weighted by molar-refractivity contribution is 5.80. The van der Waals surface area contributed by atoms with Crippen LogP contribution in [0.2, 0.25) is 0 Å². The summed E-state index contributed by atoms with van der Waals surface area (Å²) in [5.41, 5.74) is 1.72. The van der Waals surface area contributed by atoms with Crippen LogP contribution in [0.15, 0.2) is 29.3 Å². The second kappa shape index (κ2) is 12.0. The number of methoxy groups -OCH3 is 1. The predicted octanol–water partition coefficient (Wildman–Crippen LogP) is 2.83. The van der Waals surface area contributed by atoms with Crippen LogP contribution in [-0.4, -0.2) is 70.7 Å². The number of ether oxygens (including phenoxy) is 3. The molecule has 1 aliphatic rings. The first-order valence-corrected chi connectivity index (χ1v) is 9.66. The van der Waals surface area contributed by atoms with Crippen molar-refractivity contribution in [3.63, 3.8) is 0 Å². The SMILES string of the molecule is CN=C(NCc1ccc(COCC(F)(F)F)cc1)N1CCC(COCCOC)C1. The Morgan fingerprint density at radius 1 is 1.17 bits per heavy atom. The first-order valence-electron chi connectivity index (χ1n) is 9.66. The van der Waals surface area contributed by atoms with Crippen molar-refractivity contribution >= 4 is 5.96 Å². The predicted molar refractivity (Wildman–Crippen MR) is 105 cm³/mol. The number of benzene rings is 1. The van der Waals surface area contributed by atoms with E-state index in [0.717, 1.165) is 31.0 Å². The van der Waals surface area contributed by atoms with Crippen LogP contribution >= 0.6 is 0 Å². The Balaban J connectivity index is 1.72. The molecule has 1 unspecified atom stereocenters. The van der Waals surface area contributed by atoms with Crippen LogP contribution in [0.4, 0.5) is 13.2 Å². The minimum atomic E-state index is -4.30. The Morgan fingerprint density at radius 2 is 1.90 bits per heavy atom. The molecule has 29 heavy (non-hydrogen) atoms. The monoisotopic (exact) mass is 417 g/mol. The highest BCUT2D eigenvalue weighted by Gasteiger charge is 2.27. The molecular weight excluding hydrogens is 387 g/mol. The van der Waals surface area contributed by atoms with Gasteiger partial charge in [0.15, 0.2) is 5.96 Å². The van der Waals surface area contributed by atoms with Crippen molar-refractivity contribution in [2.45, 2.75) is 25.7 Å². The third-order valence-corrected chi connectivity index (χ3v) is 4.59. The molecule has 1 N–H and O–H groups in total. The van der Waals surface area contributed by atoms with Crippen LogP contribution in [0.5, 0.6) is 0 Å². The minimum Gasteiger partial charge on any atom is -0.382 e. The molecule has 164 valence electrons. The minimum absolute atomic E-state index is 0.0590. The zero-order chi connectivity index (χ0) is 21.1. The van der Waals surface area contributed by atoms with Crippen LogP contribution in [0.1, 0.15) is 17.5 Å². The summed E-state index contributed by atoms with van der Waals surface area (Å²) in [6, 6.07) is 7.31. The number of rotatable bonds is 10. The lowest BCUT2D eigenvalue weighted by Crippen LogP contribution is -2.39. The quantitative estimate of drug-likeness (QED) is 0.361. The van der Waals surface area contributed by atoms with E-state index in [1.807, 2.05) is 12.1 Å². The molecule has 1 aromatic carbocycles. The first kappa shape index (κ1) is 23.4. The van der Waals surface area contributed by atoms with Gasteiger partial charge in [0.2, 0.25) is 0 Å². The van der Waals surface area contributed by atoms with Crippen molar-refractivity contribution < 1.29 is 27.4 Å². The van der Waals surface area contributed by atoms with Gasteiger partial charge >= 0.3 is 6.18 Å². The topological polar surface area (TPSA) is 55.3 Å². The number of hydrogen-bond donors (Lipinski definition) is 1. The average molecular weight is 417 g/mol. The molecule has 1 atom stereocenters. The first-order chi connectivity index (χ1) is 13.9. The molecular formula is C20H30F3N3O3. The van der Waals surface area contributed by atoms with E-state index in [4.69, 9.17) is 9.47 Å². The lowest BCUT2D eigenvalue weighted by molar-refractivity contribution is -0.176. The number of aliphatic imine (C=N–C) groups is 1. The smallest absolute Gasteiger partial charge is 0.382 e. The Bertz CT molecular complexity index is 624. The maximum atomic E-state index is 12.1. The van der Waals surface area contributed by atoms with Gasteiger partial charge in [-0.1, -0.05) is 24.3 Å². The van der Waals surface area contributed by atoms with Gasteiger partial charge in [-0.05, 0) is 17.5 Å². The van der Waals surface area contributed by atoms with Gasteiger partial charge in [-0.15, -0.1) is 0 Å². The highest BCUT2D eigenvalue weighted by atomic mass is 19.4. The number of guanidine groups is 1. The molecule has 1 aliphatic heterocycles. The molecule has 1 aromatic rings. The second-order valence-electron chi connectivity index (χ2n) is 6.99. The van der Waals surface area contributed by atoms with Crippen molar-refractivity contribution in [1.82, 2.24) is 10.2 Å². The Morgan fingerprint density at radius 3 is 2.55 bits per heavy atom. The summed E-state index contributed by atoms with van der Waals surface area (Å²) in [5.74, 6) is 1.31. The zero-order valence-electron chi connectivity index (χ0n) is 17.0. The van der Waals surface area contributed by atoms with Crippen molar-refractivity contribution in [2.75, 3.05) is 53.7 Å². The van der Waals surface area contributed by atoms with E-state index in [1.54, 1.807) is 26.3 Å². The molecule has 9 heteroatoms. The van der Waals surface area contributed by atoms with Gasteiger partial charge in [0.1, 0.15) is 6.61 Å². The number of likely N-dealkylation sites (tertiary alicyclic amines) is 1. The fourth-order valence-electron chi connectivity index (χ4n) is 3.10. The molecule has 1 fully saturated rings. The number of alkyl halides is 3. The Kier molecular flexibility index (Phi) is 9.69. The number of nitrogens with one attached hydrogen (secondary N) is 1. The van der Waals surface area contributed by atoms with Gasteiger partial charge in [0.25, 0.3) is 0 Å². The van der Waals surface area contributed by atoms with E-state index in [1.165, 1.54) is 0 Å². The van der Waals surface area contributed by atoms with Crippen LogP contribution in [0.25, 0.3) is 0 Å². The fraction of sp³-hybridized carbons (Fsp3) is 0.650.